The number of benzene rings is 1. The molecule has 20 heavy (non-hydrogen) atoms. The van der Waals surface area contributed by atoms with E-state index < -0.39 is 0 Å². The average molecular weight is 270 g/mol. The molecule has 1 atom stereocenters. The third-order valence-corrected chi connectivity index (χ3v) is 4.49. The van der Waals surface area contributed by atoms with Crippen LogP contribution in [-0.4, -0.2) is 15.0 Å². The van der Waals surface area contributed by atoms with Crippen LogP contribution in [0.5, 0.6) is 0 Å². The van der Waals surface area contributed by atoms with Crippen molar-refractivity contribution in [2.75, 3.05) is 0 Å². The first kappa shape index (κ1) is 13.3. The normalized spacial score (nSPS) is 24.5. The van der Waals surface area contributed by atoms with E-state index in [9.17, 15) is 0 Å². The fraction of sp³-hybridized carbons (Fsp3) is 0.500. The lowest BCUT2D eigenvalue weighted by Gasteiger charge is -2.30. The maximum absolute atomic E-state index is 6.50. The van der Waals surface area contributed by atoms with Gasteiger partial charge in [-0.15, -0.1) is 5.10 Å². The van der Waals surface area contributed by atoms with Gasteiger partial charge in [0.05, 0.1) is 23.6 Å². The Labute approximate surface area is 120 Å². The highest BCUT2D eigenvalue weighted by Gasteiger charge is 2.27. The summed E-state index contributed by atoms with van der Waals surface area (Å²) in [5.74, 6) is 1.39. The van der Waals surface area contributed by atoms with Crippen LogP contribution in [0.25, 0.3) is 5.69 Å². The van der Waals surface area contributed by atoms with Crippen molar-refractivity contribution in [1.82, 2.24) is 15.0 Å². The first-order valence-electron chi connectivity index (χ1n) is 7.47. The van der Waals surface area contributed by atoms with Crippen molar-refractivity contribution in [2.45, 2.75) is 38.6 Å². The number of hydrogen-bond donors (Lipinski definition) is 1. The molecule has 4 heteroatoms. The van der Waals surface area contributed by atoms with Gasteiger partial charge in [0.15, 0.2) is 0 Å². The SMILES string of the molecule is CC1CCC(C(N)c2cnnn2-c2ccccc2)CC1. The summed E-state index contributed by atoms with van der Waals surface area (Å²) in [7, 11) is 0. The summed E-state index contributed by atoms with van der Waals surface area (Å²) < 4.78 is 1.88. The summed E-state index contributed by atoms with van der Waals surface area (Å²) in [5.41, 5.74) is 8.55. The molecule has 1 aliphatic rings. The molecule has 0 radical (unpaired) electrons. The average Bonchev–Trinajstić information content (AvgIpc) is 2.97. The summed E-state index contributed by atoms with van der Waals surface area (Å²) in [6.07, 6.45) is 6.80. The molecule has 1 aromatic heterocycles. The first-order chi connectivity index (χ1) is 9.75. The molecule has 106 valence electrons. The Balaban J connectivity index is 1.82. The molecule has 2 N–H and O–H groups in total. The molecule has 0 amide bonds. The Bertz CT molecular complexity index is 541. The second-order valence-corrected chi connectivity index (χ2v) is 5.95. The van der Waals surface area contributed by atoms with Gasteiger partial charge in [-0.25, -0.2) is 4.68 Å². The summed E-state index contributed by atoms with van der Waals surface area (Å²) in [6.45, 7) is 2.33. The van der Waals surface area contributed by atoms with Gasteiger partial charge in [0.25, 0.3) is 0 Å². The Hall–Kier alpha value is -1.68. The van der Waals surface area contributed by atoms with Crippen LogP contribution >= 0.6 is 0 Å². The molecular formula is C16H22N4. The highest BCUT2D eigenvalue weighted by Crippen LogP contribution is 2.35. The minimum absolute atomic E-state index is 0.0257. The van der Waals surface area contributed by atoms with Crippen LogP contribution in [0.4, 0.5) is 0 Å². The van der Waals surface area contributed by atoms with E-state index in [0.717, 1.165) is 17.3 Å². The summed E-state index contributed by atoms with van der Waals surface area (Å²) in [5, 5.41) is 8.27. The zero-order chi connectivity index (χ0) is 13.9. The van der Waals surface area contributed by atoms with Crippen molar-refractivity contribution in [1.29, 1.82) is 0 Å². The molecule has 1 aliphatic carbocycles. The molecule has 1 fully saturated rings. The lowest BCUT2D eigenvalue weighted by Crippen LogP contribution is -2.27. The topological polar surface area (TPSA) is 56.7 Å². The Kier molecular flexibility index (Phi) is 3.83. The molecule has 0 saturated heterocycles. The van der Waals surface area contributed by atoms with Gasteiger partial charge in [-0.3, -0.25) is 0 Å². The highest BCUT2D eigenvalue weighted by molar-refractivity contribution is 5.32. The summed E-state index contributed by atoms with van der Waals surface area (Å²) in [4.78, 5) is 0. The van der Waals surface area contributed by atoms with Crippen LogP contribution < -0.4 is 5.73 Å². The second kappa shape index (κ2) is 5.75. The maximum atomic E-state index is 6.50. The third kappa shape index (κ3) is 2.61. The van der Waals surface area contributed by atoms with E-state index in [1.165, 1.54) is 25.7 Å². The Morgan fingerprint density at radius 2 is 1.85 bits per heavy atom. The van der Waals surface area contributed by atoms with Gasteiger partial charge in [-0.05, 0) is 36.8 Å². The van der Waals surface area contributed by atoms with Crippen molar-refractivity contribution in [3.63, 3.8) is 0 Å². The van der Waals surface area contributed by atoms with E-state index in [4.69, 9.17) is 5.73 Å². The quantitative estimate of drug-likeness (QED) is 0.932. The fourth-order valence-electron chi connectivity index (χ4n) is 3.13. The standard InChI is InChI=1S/C16H22N4/c1-12-7-9-13(10-8-12)16(17)15-11-18-19-20(15)14-5-3-2-4-6-14/h2-6,11-13,16H,7-10,17H2,1H3. The van der Waals surface area contributed by atoms with E-state index >= 15 is 0 Å². The first-order valence-corrected chi connectivity index (χ1v) is 7.47. The van der Waals surface area contributed by atoms with Gasteiger partial charge < -0.3 is 5.73 Å². The van der Waals surface area contributed by atoms with Crippen LogP contribution in [0.15, 0.2) is 36.5 Å². The predicted octanol–water partition coefficient (Wildman–Crippen LogP) is 3.09. The Morgan fingerprint density at radius 1 is 1.15 bits per heavy atom. The van der Waals surface area contributed by atoms with Gasteiger partial charge >= 0.3 is 0 Å². The number of hydrogen-bond acceptors (Lipinski definition) is 3. The summed E-state index contributed by atoms with van der Waals surface area (Å²) in [6, 6.07) is 10.1. The van der Waals surface area contributed by atoms with Gasteiger partial charge in [0.1, 0.15) is 0 Å². The van der Waals surface area contributed by atoms with E-state index in [-0.39, 0.29) is 6.04 Å². The van der Waals surface area contributed by atoms with E-state index in [0.29, 0.717) is 5.92 Å². The number of nitrogens with zero attached hydrogens (tertiary/aromatic N) is 3. The molecule has 1 unspecified atom stereocenters. The molecule has 4 nitrogen and oxygen atoms in total. The van der Waals surface area contributed by atoms with Crippen molar-refractivity contribution in [2.24, 2.45) is 17.6 Å². The molecule has 3 rings (SSSR count). The van der Waals surface area contributed by atoms with Crippen molar-refractivity contribution < 1.29 is 0 Å². The molecule has 1 saturated carbocycles. The molecule has 1 aromatic carbocycles. The number of aromatic nitrogens is 3. The zero-order valence-electron chi connectivity index (χ0n) is 11.9. The maximum Gasteiger partial charge on any atom is 0.0815 e. The van der Waals surface area contributed by atoms with Crippen LogP contribution in [0.1, 0.15) is 44.3 Å². The lowest BCUT2D eigenvalue weighted by atomic mass is 9.79. The molecule has 0 spiro atoms. The van der Waals surface area contributed by atoms with Gasteiger partial charge in [0.2, 0.25) is 0 Å². The number of para-hydroxylation sites is 1. The van der Waals surface area contributed by atoms with Crippen molar-refractivity contribution >= 4 is 0 Å². The van der Waals surface area contributed by atoms with E-state index in [1.54, 1.807) is 0 Å². The molecule has 0 bridgehead atoms. The Morgan fingerprint density at radius 3 is 2.55 bits per heavy atom. The van der Waals surface area contributed by atoms with Gasteiger partial charge in [-0.2, -0.15) is 0 Å². The lowest BCUT2D eigenvalue weighted by molar-refractivity contribution is 0.252. The van der Waals surface area contributed by atoms with E-state index in [1.807, 2.05) is 41.2 Å². The van der Waals surface area contributed by atoms with Crippen LogP contribution in [0, 0.1) is 11.8 Å². The molecular weight excluding hydrogens is 248 g/mol. The van der Waals surface area contributed by atoms with Gasteiger partial charge in [0, 0.05) is 0 Å². The van der Waals surface area contributed by atoms with Crippen LogP contribution in [-0.2, 0) is 0 Å². The zero-order valence-corrected chi connectivity index (χ0v) is 11.9. The number of nitrogens with two attached hydrogens (primary N) is 1. The molecule has 2 aromatic rings. The van der Waals surface area contributed by atoms with Gasteiger partial charge in [-0.1, -0.05) is 43.2 Å². The second-order valence-electron chi connectivity index (χ2n) is 5.95. The largest absolute Gasteiger partial charge is 0.322 e. The molecule has 0 aliphatic heterocycles. The predicted molar refractivity (Wildman–Crippen MR) is 79.4 cm³/mol. The minimum atomic E-state index is 0.0257. The fourth-order valence-corrected chi connectivity index (χ4v) is 3.13. The van der Waals surface area contributed by atoms with Crippen LogP contribution in [0.2, 0.25) is 0 Å². The monoisotopic (exact) mass is 270 g/mol. The smallest absolute Gasteiger partial charge is 0.0815 e. The van der Waals surface area contributed by atoms with E-state index in [2.05, 4.69) is 17.2 Å². The van der Waals surface area contributed by atoms with Crippen LogP contribution in [0.3, 0.4) is 0 Å². The minimum Gasteiger partial charge on any atom is -0.322 e. The van der Waals surface area contributed by atoms with Crippen molar-refractivity contribution in [3.8, 4) is 5.69 Å². The summed E-state index contributed by atoms with van der Waals surface area (Å²) >= 11 is 0. The third-order valence-electron chi connectivity index (χ3n) is 4.49. The molecule has 1 heterocycles. The highest BCUT2D eigenvalue weighted by atomic mass is 15.4. The van der Waals surface area contributed by atoms with Crippen molar-refractivity contribution in [3.05, 3.63) is 42.2 Å². The number of rotatable bonds is 3.